The van der Waals surface area contributed by atoms with Crippen molar-refractivity contribution >= 4 is 5.97 Å². The van der Waals surface area contributed by atoms with Gasteiger partial charge in [0.15, 0.2) is 0 Å². The van der Waals surface area contributed by atoms with Gasteiger partial charge >= 0.3 is 5.97 Å². The number of aromatic nitrogens is 3. The Kier molecular flexibility index (Phi) is 2.65. The fourth-order valence-corrected chi connectivity index (χ4v) is 1.32. The molecule has 1 atom stereocenters. The average Bonchev–Trinajstić information content (AvgIpc) is 2.81. The van der Waals surface area contributed by atoms with Crippen LogP contribution in [0.5, 0.6) is 0 Å². The molecule has 1 aromatic heterocycles. The van der Waals surface area contributed by atoms with Crippen molar-refractivity contribution in [3.63, 3.8) is 0 Å². The summed E-state index contributed by atoms with van der Waals surface area (Å²) < 4.78 is 1.58. The molecule has 1 aromatic carbocycles. The van der Waals surface area contributed by atoms with Crippen LogP contribution in [0.3, 0.4) is 0 Å². The van der Waals surface area contributed by atoms with Crippen LogP contribution in [0.15, 0.2) is 36.7 Å². The van der Waals surface area contributed by atoms with Gasteiger partial charge in [-0.15, -0.1) is 5.10 Å². The maximum Gasteiger partial charge on any atom is 0.325 e. The van der Waals surface area contributed by atoms with Gasteiger partial charge in [-0.2, -0.15) is 0 Å². The lowest BCUT2D eigenvalue weighted by atomic mass is 10.1. The molecule has 3 N–H and O–H groups in total. The van der Waals surface area contributed by atoms with Crippen LogP contribution in [0.25, 0.3) is 5.69 Å². The van der Waals surface area contributed by atoms with Crippen LogP contribution in [-0.2, 0) is 4.79 Å². The molecule has 0 bridgehead atoms. The Labute approximate surface area is 91.3 Å². The van der Waals surface area contributed by atoms with Crippen LogP contribution in [-0.4, -0.2) is 26.1 Å². The zero-order valence-corrected chi connectivity index (χ0v) is 8.32. The van der Waals surface area contributed by atoms with E-state index < -0.39 is 12.0 Å². The predicted octanol–water partition coefficient (Wildman–Crippen LogP) is 0.352. The Morgan fingerprint density at radius 1 is 1.38 bits per heavy atom. The minimum absolute atomic E-state index is 0.552. The summed E-state index contributed by atoms with van der Waals surface area (Å²) in [5, 5.41) is 16.2. The first-order valence-electron chi connectivity index (χ1n) is 4.63. The van der Waals surface area contributed by atoms with Crippen molar-refractivity contribution in [3.8, 4) is 5.69 Å². The lowest BCUT2D eigenvalue weighted by Gasteiger charge is -2.07. The molecule has 0 spiro atoms. The average molecular weight is 218 g/mol. The standard InChI is InChI=1S/C10H10N4O2/c11-9(10(15)16)7-1-3-8(4-2-7)14-6-5-12-13-14/h1-6,9H,11H2,(H,15,16). The first-order chi connectivity index (χ1) is 7.68. The molecule has 6 nitrogen and oxygen atoms in total. The van der Waals surface area contributed by atoms with Crippen molar-refractivity contribution in [2.45, 2.75) is 6.04 Å². The van der Waals surface area contributed by atoms with E-state index in [4.69, 9.17) is 10.8 Å². The number of nitrogens with two attached hydrogens (primary N) is 1. The van der Waals surface area contributed by atoms with Crippen molar-refractivity contribution in [2.75, 3.05) is 0 Å². The third-order valence-corrected chi connectivity index (χ3v) is 2.21. The second-order valence-corrected chi connectivity index (χ2v) is 3.26. The Morgan fingerprint density at radius 3 is 2.56 bits per heavy atom. The molecule has 0 aliphatic heterocycles. The summed E-state index contributed by atoms with van der Waals surface area (Å²) in [4.78, 5) is 10.7. The molecule has 0 radical (unpaired) electrons. The third kappa shape index (κ3) is 1.91. The van der Waals surface area contributed by atoms with Crippen LogP contribution < -0.4 is 5.73 Å². The van der Waals surface area contributed by atoms with Crippen LogP contribution in [0.4, 0.5) is 0 Å². The number of carbonyl (C=O) groups is 1. The Hall–Kier alpha value is -2.21. The molecule has 0 saturated carbocycles. The van der Waals surface area contributed by atoms with Gasteiger partial charge in [-0.05, 0) is 17.7 Å². The molecule has 2 rings (SSSR count). The fraction of sp³-hybridized carbons (Fsp3) is 0.100. The van der Waals surface area contributed by atoms with Crippen LogP contribution in [0.1, 0.15) is 11.6 Å². The zero-order chi connectivity index (χ0) is 11.5. The summed E-state index contributed by atoms with van der Waals surface area (Å²) in [6, 6.07) is 5.82. The van der Waals surface area contributed by atoms with Gasteiger partial charge < -0.3 is 10.8 Å². The van der Waals surface area contributed by atoms with Gasteiger partial charge in [-0.1, -0.05) is 17.3 Å². The molecular weight excluding hydrogens is 208 g/mol. The van der Waals surface area contributed by atoms with E-state index in [9.17, 15) is 4.79 Å². The highest BCUT2D eigenvalue weighted by Gasteiger charge is 2.13. The van der Waals surface area contributed by atoms with E-state index in [-0.39, 0.29) is 0 Å². The molecule has 0 aliphatic rings. The van der Waals surface area contributed by atoms with E-state index in [1.165, 1.54) is 0 Å². The summed E-state index contributed by atoms with van der Waals surface area (Å²) in [5.41, 5.74) is 6.83. The van der Waals surface area contributed by atoms with E-state index in [0.717, 1.165) is 5.69 Å². The predicted molar refractivity (Wildman–Crippen MR) is 55.9 cm³/mol. The first kappa shape index (κ1) is 10.3. The number of benzene rings is 1. The topological polar surface area (TPSA) is 94.0 Å². The molecule has 82 valence electrons. The molecule has 0 aliphatic carbocycles. The number of hydrogen-bond acceptors (Lipinski definition) is 4. The van der Waals surface area contributed by atoms with E-state index in [1.54, 1.807) is 41.3 Å². The van der Waals surface area contributed by atoms with Gasteiger partial charge in [-0.25, -0.2) is 4.68 Å². The first-order valence-corrected chi connectivity index (χ1v) is 4.63. The molecule has 6 heteroatoms. The zero-order valence-electron chi connectivity index (χ0n) is 8.32. The highest BCUT2D eigenvalue weighted by atomic mass is 16.4. The number of carboxylic acids is 1. The summed E-state index contributed by atoms with van der Waals surface area (Å²) in [6.07, 6.45) is 3.27. The summed E-state index contributed by atoms with van der Waals surface area (Å²) in [7, 11) is 0. The maximum absolute atomic E-state index is 10.7. The highest BCUT2D eigenvalue weighted by Crippen LogP contribution is 2.13. The summed E-state index contributed by atoms with van der Waals surface area (Å²) in [6.45, 7) is 0. The van der Waals surface area contributed by atoms with E-state index in [1.807, 2.05) is 0 Å². The maximum atomic E-state index is 10.7. The minimum Gasteiger partial charge on any atom is -0.480 e. The second-order valence-electron chi connectivity index (χ2n) is 3.26. The number of aliphatic carboxylic acids is 1. The van der Waals surface area contributed by atoms with Gasteiger partial charge in [0.1, 0.15) is 6.04 Å². The largest absolute Gasteiger partial charge is 0.480 e. The summed E-state index contributed by atoms with van der Waals surface area (Å²) >= 11 is 0. The molecule has 2 aromatic rings. The van der Waals surface area contributed by atoms with Crippen molar-refractivity contribution in [3.05, 3.63) is 42.2 Å². The second kappa shape index (κ2) is 4.11. The smallest absolute Gasteiger partial charge is 0.325 e. The van der Waals surface area contributed by atoms with Gasteiger partial charge in [0.05, 0.1) is 18.1 Å². The Morgan fingerprint density at radius 2 is 2.06 bits per heavy atom. The van der Waals surface area contributed by atoms with Gasteiger partial charge in [0, 0.05) is 0 Å². The monoisotopic (exact) mass is 218 g/mol. The number of carboxylic acid groups (broad SMARTS) is 1. The molecule has 1 unspecified atom stereocenters. The Balaban J connectivity index is 2.26. The van der Waals surface area contributed by atoms with Gasteiger partial charge in [0.2, 0.25) is 0 Å². The van der Waals surface area contributed by atoms with Crippen molar-refractivity contribution in [2.24, 2.45) is 5.73 Å². The minimum atomic E-state index is -1.05. The number of hydrogen-bond donors (Lipinski definition) is 2. The van der Waals surface area contributed by atoms with Gasteiger partial charge in [-0.3, -0.25) is 4.79 Å². The highest BCUT2D eigenvalue weighted by molar-refractivity contribution is 5.75. The SMILES string of the molecule is NC(C(=O)O)c1ccc(-n2ccnn2)cc1. The molecule has 1 heterocycles. The third-order valence-electron chi connectivity index (χ3n) is 2.21. The van der Waals surface area contributed by atoms with E-state index >= 15 is 0 Å². The molecular formula is C10H10N4O2. The molecule has 0 amide bonds. The molecule has 0 saturated heterocycles. The number of nitrogens with zero attached hydrogens (tertiary/aromatic N) is 3. The van der Waals surface area contributed by atoms with Crippen LogP contribution in [0.2, 0.25) is 0 Å². The van der Waals surface area contributed by atoms with Crippen molar-refractivity contribution in [1.82, 2.24) is 15.0 Å². The Bertz CT molecular complexity index is 478. The van der Waals surface area contributed by atoms with Crippen molar-refractivity contribution < 1.29 is 9.90 Å². The lowest BCUT2D eigenvalue weighted by molar-refractivity contribution is -0.138. The van der Waals surface area contributed by atoms with Gasteiger partial charge in [0.25, 0.3) is 0 Å². The molecule has 16 heavy (non-hydrogen) atoms. The van der Waals surface area contributed by atoms with E-state index in [2.05, 4.69) is 10.3 Å². The quantitative estimate of drug-likeness (QED) is 0.775. The summed E-state index contributed by atoms with van der Waals surface area (Å²) in [5.74, 6) is -1.05. The van der Waals surface area contributed by atoms with Crippen molar-refractivity contribution in [1.29, 1.82) is 0 Å². The van der Waals surface area contributed by atoms with E-state index in [0.29, 0.717) is 5.56 Å². The molecule has 0 fully saturated rings. The fourth-order valence-electron chi connectivity index (χ4n) is 1.32. The normalized spacial score (nSPS) is 12.3. The van der Waals surface area contributed by atoms with Crippen LogP contribution >= 0.6 is 0 Å². The lowest BCUT2D eigenvalue weighted by Crippen LogP contribution is -2.20. The van der Waals surface area contributed by atoms with Crippen LogP contribution in [0, 0.1) is 0 Å². The number of rotatable bonds is 3.